The van der Waals surface area contributed by atoms with E-state index in [2.05, 4.69) is 10.3 Å². The molecule has 0 spiro atoms. The maximum absolute atomic E-state index is 8.59. The first kappa shape index (κ1) is 10.9. The molecule has 2 heterocycles. The van der Waals surface area contributed by atoms with Crippen molar-refractivity contribution in [2.45, 2.75) is 6.10 Å². The molecule has 1 aliphatic rings. The minimum absolute atomic E-state index is 0.0874. The zero-order chi connectivity index (χ0) is 11.2. The SMILES string of the molecule is N#Cc1ccc(NCC2COCCO2)cn1. The Balaban J connectivity index is 1.82. The zero-order valence-electron chi connectivity index (χ0n) is 8.85. The van der Waals surface area contributed by atoms with Gasteiger partial charge in [0, 0.05) is 6.54 Å². The van der Waals surface area contributed by atoms with Gasteiger partial charge in [0.05, 0.1) is 37.8 Å². The van der Waals surface area contributed by atoms with Gasteiger partial charge in [-0.1, -0.05) is 0 Å². The topological polar surface area (TPSA) is 67.2 Å². The van der Waals surface area contributed by atoms with Gasteiger partial charge in [-0.2, -0.15) is 5.26 Å². The van der Waals surface area contributed by atoms with Gasteiger partial charge in [-0.25, -0.2) is 4.98 Å². The number of nitriles is 1. The molecule has 5 heteroatoms. The maximum atomic E-state index is 8.59. The molecule has 84 valence electrons. The summed E-state index contributed by atoms with van der Waals surface area (Å²) in [6, 6.07) is 5.49. The first-order valence-electron chi connectivity index (χ1n) is 5.18. The molecule has 0 radical (unpaired) electrons. The highest BCUT2D eigenvalue weighted by Crippen LogP contribution is 2.07. The highest BCUT2D eigenvalue weighted by atomic mass is 16.6. The smallest absolute Gasteiger partial charge is 0.140 e. The van der Waals surface area contributed by atoms with E-state index in [1.165, 1.54) is 0 Å². The van der Waals surface area contributed by atoms with E-state index in [0.29, 0.717) is 32.1 Å². The Morgan fingerprint density at radius 1 is 1.50 bits per heavy atom. The van der Waals surface area contributed by atoms with Gasteiger partial charge >= 0.3 is 0 Å². The van der Waals surface area contributed by atoms with Crippen molar-refractivity contribution in [2.75, 3.05) is 31.7 Å². The maximum Gasteiger partial charge on any atom is 0.140 e. The number of anilines is 1. The number of nitrogens with zero attached hydrogens (tertiary/aromatic N) is 2. The summed E-state index contributed by atoms with van der Waals surface area (Å²) in [5, 5.41) is 11.8. The van der Waals surface area contributed by atoms with Crippen LogP contribution in [0.3, 0.4) is 0 Å². The van der Waals surface area contributed by atoms with Crippen LogP contribution in [0.25, 0.3) is 0 Å². The number of hydrogen-bond donors (Lipinski definition) is 1. The predicted molar refractivity (Wildman–Crippen MR) is 58.0 cm³/mol. The van der Waals surface area contributed by atoms with E-state index in [1.54, 1.807) is 12.3 Å². The molecule has 1 fully saturated rings. The Morgan fingerprint density at radius 2 is 2.44 bits per heavy atom. The molecule has 5 nitrogen and oxygen atoms in total. The van der Waals surface area contributed by atoms with Gasteiger partial charge in [0.2, 0.25) is 0 Å². The van der Waals surface area contributed by atoms with E-state index in [9.17, 15) is 0 Å². The van der Waals surface area contributed by atoms with Crippen LogP contribution in [-0.2, 0) is 9.47 Å². The predicted octanol–water partition coefficient (Wildman–Crippen LogP) is 0.781. The van der Waals surface area contributed by atoms with Crippen molar-refractivity contribution in [1.82, 2.24) is 4.98 Å². The van der Waals surface area contributed by atoms with Crippen LogP contribution in [0.5, 0.6) is 0 Å². The lowest BCUT2D eigenvalue weighted by Gasteiger charge is -2.23. The van der Waals surface area contributed by atoms with Crippen LogP contribution in [0, 0.1) is 11.3 Å². The largest absolute Gasteiger partial charge is 0.381 e. The summed E-state index contributed by atoms with van der Waals surface area (Å²) in [6.07, 6.45) is 1.73. The molecule has 1 aromatic rings. The van der Waals surface area contributed by atoms with Gasteiger partial charge in [0.15, 0.2) is 0 Å². The summed E-state index contributed by atoms with van der Waals surface area (Å²) >= 11 is 0. The first-order chi connectivity index (χ1) is 7.88. The Kier molecular flexibility index (Phi) is 3.70. The fourth-order valence-electron chi connectivity index (χ4n) is 1.45. The third-order valence-corrected chi connectivity index (χ3v) is 2.30. The van der Waals surface area contributed by atoms with E-state index in [1.807, 2.05) is 12.1 Å². The molecule has 0 aromatic carbocycles. The minimum atomic E-state index is 0.0874. The summed E-state index contributed by atoms with van der Waals surface area (Å²) in [5.74, 6) is 0. The van der Waals surface area contributed by atoms with E-state index in [0.717, 1.165) is 5.69 Å². The van der Waals surface area contributed by atoms with Crippen molar-refractivity contribution in [3.63, 3.8) is 0 Å². The normalized spacial score (nSPS) is 20.1. The quantitative estimate of drug-likeness (QED) is 0.813. The molecule has 1 aromatic heterocycles. The highest BCUT2D eigenvalue weighted by molar-refractivity contribution is 5.42. The summed E-state index contributed by atoms with van der Waals surface area (Å²) in [6.45, 7) is 2.64. The Bertz CT molecular complexity index is 366. The van der Waals surface area contributed by atoms with Gasteiger partial charge in [0.25, 0.3) is 0 Å². The third kappa shape index (κ3) is 2.92. The minimum Gasteiger partial charge on any atom is -0.381 e. The standard InChI is InChI=1S/C11H13N3O2/c12-5-9-1-2-10(6-13-9)14-7-11-8-15-3-4-16-11/h1-2,6,11,14H,3-4,7-8H2. The third-order valence-electron chi connectivity index (χ3n) is 2.30. The Morgan fingerprint density at radius 3 is 3.06 bits per heavy atom. The van der Waals surface area contributed by atoms with Crippen LogP contribution < -0.4 is 5.32 Å². The molecule has 0 bridgehead atoms. The van der Waals surface area contributed by atoms with Gasteiger partial charge < -0.3 is 14.8 Å². The summed E-state index contributed by atoms with van der Waals surface area (Å²) in [4.78, 5) is 3.97. The van der Waals surface area contributed by atoms with E-state index in [4.69, 9.17) is 14.7 Å². The molecular weight excluding hydrogens is 206 g/mol. The van der Waals surface area contributed by atoms with E-state index < -0.39 is 0 Å². The molecule has 2 rings (SSSR count). The summed E-state index contributed by atoms with van der Waals surface area (Å²) in [7, 11) is 0. The van der Waals surface area contributed by atoms with Crippen molar-refractivity contribution in [3.8, 4) is 6.07 Å². The van der Waals surface area contributed by atoms with Gasteiger partial charge in [-0.3, -0.25) is 0 Å². The first-order valence-corrected chi connectivity index (χ1v) is 5.18. The molecule has 1 unspecified atom stereocenters. The van der Waals surface area contributed by atoms with Crippen molar-refractivity contribution < 1.29 is 9.47 Å². The van der Waals surface area contributed by atoms with Crippen molar-refractivity contribution in [2.24, 2.45) is 0 Å². The number of aromatic nitrogens is 1. The second-order valence-electron chi connectivity index (χ2n) is 3.49. The monoisotopic (exact) mass is 219 g/mol. The van der Waals surface area contributed by atoms with Gasteiger partial charge in [-0.15, -0.1) is 0 Å². The lowest BCUT2D eigenvalue weighted by atomic mass is 10.3. The van der Waals surface area contributed by atoms with E-state index >= 15 is 0 Å². The van der Waals surface area contributed by atoms with Crippen LogP contribution in [0.1, 0.15) is 5.69 Å². The molecule has 1 aliphatic heterocycles. The summed E-state index contributed by atoms with van der Waals surface area (Å²) < 4.78 is 10.8. The van der Waals surface area contributed by atoms with Crippen LogP contribution in [0.15, 0.2) is 18.3 Å². The van der Waals surface area contributed by atoms with Crippen LogP contribution in [-0.4, -0.2) is 37.5 Å². The number of ether oxygens (including phenoxy) is 2. The molecule has 16 heavy (non-hydrogen) atoms. The molecule has 0 aliphatic carbocycles. The van der Waals surface area contributed by atoms with Crippen LogP contribution >= 0.6 is 0 Å². The van der Waals surface area contributed by atoms with Crippen LogP contribution in [0.2, 0.25) is 0 Å². The van der Waals surface area contributed by atoms with Crippen LogP contribution in [0.4, 0.5) is 5.69 Å². The Hall–Kier alpha value is -1.64. The number of pyridine rings is 1. The van der Waals surface area contributed by atoms with Gasteiger partial charge in [0.1, 0.15) is 11.8 Å². The number of nitrogens with one attached hydrogen (secondary N) is 1. The molecule has 1 saturated heterocycles. The number of rotatable bonds is 3. The number of hydrogen-bond acceptors (Lipinski definition) is 5. The second kappa shape index (κ2) is 5.45. The van der Waals surface area contributed by atoms with Crippen molar-refractivity contribution >= 4 is 5.69 Å². The van der Waals surface area contributed by atoms with Gasteiger partial charge in [-0.05, 0) is 12.1 Å². The molecule has 1 atom stereocenters. The molecule has 0 amide bonds. The Labute approximate surface area is 94.0 Å². The van der Waals surface area contributed by atoms with Crippen molar-refractivity contribution in [1.29, 1.82) is 5.26 Å². The fraction of sp³-hybridized carbons (Fsp3) is 0.455. The molecular formula is C11H13N3O2. The second-order valence-corrected chi connectivity index (χ2v) is 3.49. The fourth-order valence-corrected chi connectivity index (χ4v) is 1.45. The van der Waals surface area contributed by atoms with Crippen molar-refractivity contribution in [3.05, 3.63) is 24.0 Å². The lowest BCUT2D eigenvalue weighted by molar-refractivity contribution is -0.0818. The average Bonchev–Trinajstić information content (AvgIpc) is 2.38. The molecule has 0 saturated carbocycles. The highest BCUT2D eigenvalue weighted by Gasteiger charge is 2.13. The summed E-state index contributed by atoms with van der Waals surface area (Å²) in [5.41, 5.74) is 1.30. The molecule has 1 N–H and O–H groups in total. The zero-order valence-corrected chi connectivity index (χ0v) is 8.85. The average molecular weight is 219 g/mol. The lowest BCUT2D eigenvalue weighted by Crippen LogP contribution is -2.34. The van der Waals surface area contributed by atoms with E-state index in [-0.39, 0.29) is 6.10 Å².